The molecule has 3 atom stereocenters. The van der Waals surface area contributed by atoms with Crippen molar-refractivity contribution in [1.29, 1.82) is 0 Å². The highest BCUT2D eigenvalue weighted by molar-refractivity contribution is 7.76. The van der Waals surface area contributed by atoms with Crippen LogP contribution in [0.5, 0.6) is 5.75 Å². The Labute approximate surface area is 135 Å². The van der Waals surface area contributed by atoms with Gasteiger partial charge in [-0.3, -0.25) is 4.55 Å². The summed E-state index contributed by atoms with van der Waals surface area (Å²) in [5.41, 5.74) is 6.39. The number of hydrogen-bond donors (Lipinski definition) is 2. The number of nitrogens with two attached hydrogens (primary N) is 1. The minimum atomic E-state index is -4.39. The first kappa shape index (κ1) is 18.2. The second-order valence-corrected chi connectivity index (χ2v) is 6.56. The molecule has 130 valence electrons. The van der Waals surface area contributed by atoms with Crippen molar-refractivity contribution in [3.05, 3.63) is 29.8 Å². The molecular weight excluding hydrogens is 333 g/mol. The number of hydrogen-bond acceptors (Lipinski definition) is 3. The van der Waals surface area contributed by atoms with Crippen LogP contribution in [0.1, 0.15) is 12.0 Å². The Hall–Kier alpha value is -1.16. The number of rotatable bonds is 5. The molecule has 1 aromatic carbocycles. The topological polar surface area (TPSA) is 75.8 Å². The fourth-order valence-corrected chi connectivity index (χ4v) is 3.27. The van der Waals surface area contributed by atoms with Gasteiger partial charge in [-0.15, -0.1) is 0 Å². The van der Waals surface area contributed by atoms with Crippen LogP contribution >= 0.6 is 0 Å². The van der Waals surface area contributed by atoms with Crippen molar-refractivity contribution < 1.29 is 26.7 Å². The summed E-state index contributed by atoms with van der Waals surface area (Å²) < 4.78 is 65.6. The molecule has 1 fully saturated rings. The Kier molecular flexibility index (Phi) is 6.01. The van der Waals surface area contributed by atoms with E-state index in [1.165, 1.54) is 0 Å². The molecule has 9 heteroatoms. The number of alkyl halides is 3. The molecule has 1 heterocycles. The van der Waals surface area contributed by atoms with Gasteiger partial charge in [0.1, 0.15) is 5.75 Å². The molecule has 1 saturated heterocycles. The standard InChI is InChI=1S/C14H19F3N2O3S/c15-14(16,17)12-4-11(7-19(8-12)23(20)21)9-22-13-3-1-2-10(5-13)6-18/h1-3,5,11-12H,4,6-9,18H2,(H,20,21)/t11-,12-/m0/s1. The molecule has 2 rings (SSSR count). The van der Waals surface area contributed by atoms with E-state index in [0.29, 0.717) is 12.3 Å². The third-order valence-corrected chi connectivity index (χ3v) is 4.55. The predicted molar refractivity (Wildman–Crippen MR) is 79.8 cm³/mol. The first-order valence-electron chi connectivity index (χ1n) is 7.14. The largest absolute Gasteiger partial charge is 0.493 e. The van der Waals surface area contributed by atoms with Gasteiger partial charge in [-0.05, 0) is 24.1 Å². The lowest BCUT2D eigenvalue weighted by molar-refractivity contribution is -0.187. The van der Waals surface area contributed by atoms with Gasteiger partial charge in [0.05, 0.1) is 12.5 Å². The van der Waals surface area contributed by atoms with Crippen LogP contribution in [-0.4, -0.2) is 38.9 Å². The van der Waals surface area contributed by atoms with Crippen molar-refractivity contribution in [1.82, 2.24) is 4.31 Å². The third kappa shape index (κ3) is 5.17. The maximum Gasteiger partial charge on any atom is 0.393 e. The average Bonchev–Trinajstić information content (AvgIpc) is 2.52. The van der Waals surface area contributed by atoms with Gasteiger partial charge in [0, 0.05) is 25.6 Å². The van der Waals surface area contributed by atoms with E-state index in [1.54, 1.807) is 18.2 Å². The maximum atomic E-state index is 13.0. The number of ether oxygens (including phenoxy) is 1. The molecule has 0 radical (unpaired) electrons. The highest BCUT2D eigenvalue weighted by atomic mass is 32.2. The van der Waals surface area contributed by atoms with Crippen LogP contribution in [0.2, 0.25) is 0 Å². The summed E-state index contributed by atoms with van der Waals surface area (Å²) in [5.74, 6) is -1.58. The molecule has 0 amide bonds. The normalized spacial score (nSPS) is 24.4. The summed E-state index contributed by atoms with van der Waals surface area (Å²) in [7, 11) is 0. The molecule has 1 aliphatic heterocycles. The van der Waals surface area contributed by atoms with Gasteiger partial charge in [-0.2, -0.15) is 13.2 Å². The zero-order valence-corrected chi connectivity index (χ0v) is 13.1. The molecule has 1 aromatic rings. The lowest BCUT2D eigenvalue weighted by atomic mass is 9.90. The molecule has 23 heavy (non-hydrogen) atoms. The minimum Gasteiger partial charge on any atom is -0.493 e. The predicted octanol–water partition coefficient (Wildman–Crippen LogP) is 2.16. The van der Waals surface area contributed by atoms with Gasteiger partial charge >= 0.3 is 6.18 Å². The second kappa shape index (κ2) is 7.61. The van der Waals surface area contributed by atoms with Crippen LogP contribution in [-0.2, 0) is 17.8 Å². The molecule has 0 bridgehead atoms. The lowest BCUT2D eigenvalue weighted by Crippen LogP contribution is -2.47. The van der Waals surface area contributed by atoms with Gasteiger partial charge < -0.3 is 10.5 Å². The van der Waals surface area contributed by atoms with Gasteiger partial charge in [-0.1, -0.05) is 12.1 Å². The fourth-order valence-electron chi connectivity index (χ4n) is 2.62. The van der Waals surface area contributed by atoms with E-state index in [9.17, 15) is 17.4 Å². The van der Waals surface area contributed by atoms with Gasteiger partial charge in [-0.25, -0.2) is 8.51 Å². The molecule has 5 nitrogen and oxygen atoms in total. The second-order valence-electron chi connectivity index (χ2n) is 5.58. The Bertz CT molecular complexity index is 556. The van der Waals surface area contributed by atoms with Crippen molar-refractivity contribution in [2.24, 2.45) is 17.6 Å². The number of piperidine rings is 1. The molecule has 3 N–H and O–H groups in total. The van der Waals surface area contributed by atoms with Crippen LogP contribution in [0, 0.1) is 11.8 Å². The summed E-state index contributed by atoms with van der Waals surface area (Å²) in [6, 6.07) is 7.01. The van der Waals surface area contributed by atoms with Crippen molar-refractivity contribution in [3.8, 4) is 5.75 Å². The molecule has 1 aliphatic rings. The van der Waals surface area contributed by atoms with Crippen LogP contribution in [0.15, 0.2) is 24.3 Å². The van der Waals surface area contributed by atoms with Crippen LogP contribution < -0.4 is 10.5 Å². The Balaban J connectivity index is 2.01. The van der Waals surface area contributed by atoms with Crippen molar-refractivity contribution >= 4 is 11.3 Å². The summed E-state index contributed by atoms with van der Waals surface area (Å²) >= 11 is -2.42. The van der Waals surface area contributed by atoms with Crippen LogP contribution in [0.4, 0.5) is 13.2 Å². The number of nitrogens with zero attached hydrogens (tertiary/aromatic N) is 1. The Morgan fingerprint density at radius 2 is 2.13 bits per heavy atom. The van der Waals surface area contributed by atoms with E-state index in [0.717, 1.165) is 9.87 Å². The van der Waals surface area contributed by atoms with Crippen molar-refractivity contribution in [2.45, 2.75) is 19.1 Å². The summed E-state index contributed by atoms with van der Waals surface area (Å²) in [6.45, 7) is 0.0143. The molecule has 0 aliphatic carbocycles. The monoisotopic (exact) mass is 352 g/mol. The minimum absolute atomic E-state index is 0.0499. The van der Waals surface area contributed by atoms with Gasteiger partial charge in [0.2, 0.25) is 11.3 Å². The lowest BCUT2D eigenvalue weighted by Gasteiger charge is -2.36. The Morgan fingerprint density at radius 3 is 2.74 bits per heavy atom. The molecule has 0 saturated carbocycles. The van der Waals surface area contributed by atoms with Crippen molar-refractivity contribution in [2.75, 3.05) is 19.7 Å². The SMILES string of the molecule is NCc1cccc(OC[C@H]2C[C@H](C(F)(F)F)CN(S(=O)O)C2)c1. The maximum absolute atomic E-state index is 13.0. The highest BCUT2D eigenvalue weighted by Gasteiger charge is 2.45. The molecular formula is C14H19F3N2O3S. The van der Waals surface area contributed by atoms with Gasteiger partial charge in [0.25, 0.3) is 0 Å². The average molecular weight is 352 g/mol. The Morgan fingerprint density at radius 1 is 1.39 bits per heavy atom. The first-order chi connectivity index (χ1) is 10.8. The van der Waals surface area contributed by atoms with E-state index < -0.39 is 35.8 Å². The fraction of sp³-hybridized carbons (Fsp3) is 0.571. The summed E-state index contributed by atoms with van der Waals surface area (Å²) in [6.07, 6.45) is -4.51. The van der Waals surface area contributed by atoms with Gasteiger partial charge in [0.15, 0.2) is 0 Å². The van der Waals surface area contributed by atoms with Crippen molar-refractivity contribution in [3.63, 3.8) is 0 Å². The summed E-state index contributed by atoms with van der Waals surface area (Å²) in [4.78, 5) is 0. The number of benzene rings is 1. The van der Waals surface area contributed by atoms with E-state index in [1.807, 2.05) is 6.07 Å². The zero-order chi connectivity index (χ0) is 17.0. The smallest absolute Gasteiger partial charge is 0.393 e. The van der Waals surface area contributed by atoms with E-state index in [2.05, 4.69) is 0 Å². The number of halogens is 3. The quantitative estimate of drug-likeness (QED) is 0.797. The van der Waals surface area contributed by atoms with Crippen LogP contribution in [0.3, 0.4) is 0 Å². The van der Waals surface area contributed by atoms with E-state index in [4.69, 9.17) is 15.0 Å². The first-order valence-corrected chi connectivity index (χ1v) is 8.20. The van der Waals surface area contributed by atoms with Crippen LogP contribution in [0.25, 0.3) is 0 Å². The third-order valence-electron chi connectivity index (χ3n) is 3.81. The van der Waals surface area contributed by atoms with E-state index in [-0.39, 0.29) is 19.6 Å². The molecule has 0 spiro atoms. The molecule has 0 aromatic heterocycles. The zero-order valence-electron chi connectivity index (χ0n) is 12.3. The summed E-state index contributed by atoms with van der Waals surface area (Å²) in [5, 5.41) is 0. The molecule has 1 unspecified atom stereocenters. The highest BCUT2D eigenvalue weighted by Crippen LogP contribution is 2.35. The van der Waals surface area contributed by atoms with E-state index >= 15 is 0 Å².